The molecule has 9 N–H and O–H groups in total. The van der Waals surface area contributed by atoms with Gasteiger partial charge in [-0.3, -0.25) is 11.8 Å². The fourth-order valence-corrected chi connectivity index (χ4v) is 0.904. The monoisotopic (exact) mass is 504 g/mol. The van der Waals surface area contributed by atoms with Gasteiger partial charge in [-0.05, 0) is 0 Å². The van der Waals surface area contributed by atoms with E-state index in [2.05, 4.69) is 12.8 Å². The van der Waals surface area contributed by atoms with Gasteiger partial charge in [0.1, 0.15) is 5.78 Å². The summed E-state index contributed by atoms with van der Waals surface area (Å²) >= 11 is 0. The van der Waals surface area contributed by atoms with Crippen molar-refractivity contribution in [1.29, 1.82) is 0 Å². The fourth-order valence-electron chi connectivity index (χ4n) is 0.904. The molecule has 0 saturated carbocycles. The molecule has 0 aromatic heterocycles. The maximum Gasteiger partial charge on any atom is 2.00 e. The number of carbonyl (C=O) groups is 1. The van der Waals surface area contributed by atoms with Crippen LogP contribution in [0.4, 0.5) is 0 Å². The number of ketones is 1. The smallest absolute Gasteiger partial charge is 0.693 e. The van der Waals surface area contributed by atoms with Crippen LogP contribution in [0.3, 0.4) is 0 Å². The molecule has 0 aromatic rings. The van der Waals surface area contributed by atoms with Crippen LogP contribution in [0.5, 0.6) is 0 Å². The first-order chi connectivity index (χ1) is 7.11. The van der Waals surface area contributed by atoms with Crippen LogP contribution in [-0.2, 0) is 63.4 Å². The molecule has 2 atom stereocenters. The Kier molecular flexibility index (Phi) is 40.2. The molecular weight excluding hydrogens is 483 g/mol. The van der Waals surface area contributed by atoms with E-state index in [-0.39, 0.29) is 72.3 Å². The van der Waals surface area contributed by atoms with Crippen LogP contribution in [0.1, 0.15) is 19.3 Å². The number of hydrogen-bond acceptors (Lipinski definition) is 5. The van der Waals surface area contributed by atoms with Gasteiger partial charge in [0.2, 0.25) is 0 Å². The molecule has 0 aliphatic heterocycles. The molecule has 0 fully saturated rings. The number of nitrogens with two attached hydrogens (primary N) is 4. The van der Waals surface area contributed by atoms with E-state index in [1.807, 2.05) is 0 Å². The Morgan fingerprint density at radius 3 is 2.11 bits per heavy atom. The van der Waals surface area contributed by atoms with Crippen molar-refractivity contribution in [3.8, 4) is 0 Å². The van der Waals surface area contributed by atoms with Gasteiger partial charge in [0.05, 0.1) is 6.54 Å². The zero-order valence-electron chi connectivity index (χ0n) is 10.3. The number of nitrogens with one attached hydrogen (secondary N) is 1. The summed E-state index contributed by atoms with van der Waals surface area (Å²) in [5, 5.41) is 0. The minimum atomic E-state index is -0.774. The molecule has 0 saturated heterocycles. The largest absolute Gasteiger partial charge is 2.00 e. The summed E-state index contributed by atoms with van der Waals surface area (Å²) in [6, 6.07) is -1.37. The van der Waals surface area contributed by atoms with E-state index in [4.69, 9.17) is 17.2 Å². The Morgan fingerprint density at radius 2 is 1.78 bits per heavy atom. The Labute approximate surface area is 148 Å². The molecule has 18 heavy (non-hydrogen) atoms. The molecule has 105 valence electrons. The second-order valence-corrected chi connectivity index (χ2v) is 2.88. The summed E-state index contributed by atoms with van der Waals surface area (Å²) in [5.74, 6) is -0.274. The summed E-state index contributed by atoms with van der Waals surface area (Å²) < 4.78 is 0. The average Bonchev–Trinajstić information content (AvgIpc) is 2.30. The maximum absolute atomic E-state index is 10.8. The minimum Gasteiger partial charge on any atom is -0.693 e. The molecule has 0 spiro atoms. The Hall–Kier alpha value is 0.932. The van der Waals surface area contributed by atoms with Crippen molar-refractivity contribution in [3.63, 3.8) is 0 Å². The number of hydrogen-bond donors (Lipinski definition) is 3. The quantitative estimate of drug-likeness (QED) is 0.414. The van der Waals surface area contributed by atoms with Crippen molar-refractivity contribution < 1.29 is 63.4 Å². The molecule has 9 heteroatoms. The fraction of sp³-hybridized carbons (Fsp3) is 0.667. The molecular formula is C9H21N5O2WY-2. The third kappa shape index (κ3) is 19.3. The molecule has 0 amide bonds. The summed E-state index contributed by atoms with van der Waals surface area (Å²) in [7, 11) is 2.75. The molecule has 7 nitrogen and oxygen atoms in total. The second kappa shape index (κ2) is 23.1. The average molecular weight is 504 g/mol. The summed E-state index contributed by atoms with van der Waals surface area (Å²) in [6.45, 7) is -0.0972. The van der Waals surface area contributed by atoms with E-state index in [1.54, 1.807) is 6.29 Å². The summed E-state index contributed by atoms with van der Waals surface area (Å²) in [5.41, 5.74) is 21.9. The standard InChI is InChI=1S/C8H15N3O2.CH4N.H2N.W.Y/c9-4-8(13)7(11)3-1-2-6(10)5-12;1-2;;;/h6-7,11H,1-4,9-10H2;1-2H2;1H2;;/q-2;2*-1;+2;. The minimum absolute atomic E-state index is 0. The van der Waals surface area contributed by atoms with E-state index < -0.39 is 12.1 Å². The Bertz CT molecular complexity index is 188. The van der Waals surface area contributed by atoms with Crippen LogP contribution < -0.4 is 17.2 Å². The van der Waals surface area contributed by atoms with Crippen molar-refractivity contribution in [2.45, 2.75) is 31.3 Å². The predicted molar refractivity (Wildman–Crippen MR) is 64.5 cm³/mol. The molecule has 2 unspecified atom stereocenters. The maximum atomic E-state index is 10.8. The van der Waals surface area contributed by atoms with Gasteiger partial charge in [-0.15, -0.1) is 0 Å². The first-order valence-corrected chi connectivity index (χ1v) is 4.59. The van der Waals surface area contributed by atoms with E-state index in [0.29, 0.717) is 19.3 Å². The number of carbonyl (C=O) groups excluding carboxylic acids is 2. The molecule has 1 radical (unpaired) electrons. The topological polar surface area (TPSA) is 170 Å². The van der Waals surface area contributed by atoms with Crippen LogP contribution in [0.15, 0.2) is 0 Å². The van der Waals surface area contributed by atoms with Crippen LogP contribution in [0.2, 0.25) is 0 Å². The SMILES string of the molecule is [CH2-]N.[NH-]C(CCCC(N)[C-]=O)C(=O)CN.[NH2-].[W+2].[Y]. The predicted octanol–water partition coefficient (Wildman–Crippen LogP) is -0.00891. The number of rotatable bonds is 7. The zero-order valence-corrected chi connectivity index (χ0v) is 16.1. The van der Waals surface area contributed by atoms with E-state index in [0.717, 1.165) is 0 Å². The van der Waals surface area contributed by atoms with Gasteiger partial charge in [-0.2, -0.15) is 0 Å². The van der Waals surface area contributed by atoms with Crippen LogP contribution in [-0.4, -0.2) is 30.7 Å². The van der Waals surface area contributed by atoms with Gasteiger partial charge in [-0.1, -0.05) is 31.3 Å². The van der Waals surface area contributed by atoms with Crippen molar-refractivity contribution >= 4 is 12.1 Å². The molecule has 0 rings (SSSR count). The van der Waals surface area contributed by atoms with Gasteiger partial charge in [0.15, 0.2) is 0 Å². The molecule has 0 aliphatic rings. The van der Waals surface area contributed by atoms with Gasteiger partial charge < -0.3 is 33.9 Å². The Balaban J connectivity index is -0.000000107. The molecule has 0 aliphatic carbocycles. The molecule has 0 heterocycles. The second-order valence-electron chi connectivity index (χ2n) is 2.88. The zero-order chi connectivity index (χ0) is 12.3. The van der Waals surface area contributed by atoms with E-state index in [9.17, 15) is 9.59 Å². The van der Waals surface area contributed by atoms with Gasteiger partial charge in [0.25, 0.3) is 0 Å². The first kappa shape index (κ1) is 31.4. The van der Waals surface area contributed by atoms with Crippen LogP contribution in [0, 0.1) is 7.05 Å². The van der Waals surface area contributed by atoms with Gasteiger partial charge in [0, 0.05) is 32.7 Å². The third-order valence-corrected chi connectivity index (χ3v) is 1.75. The van der Waals surface area contributed by atoms with Crippen LogP contribution >= 0.6 is 0 Å². The first-order valence-electron chi connectivity index (χ1n) is 4.59. The van der Waals surface area contributed by atoms with Crippen molar-refractivity contribution in [2.24, 2.45) is 17.2 Å². The van der Waals surface area contributed by atoms with Crippen LogP contribution in [0.25, 0.3) is 11.9 Å². The Morgan fingerprint density at radius 1 is 1.33 bits per heavy atom. The van der Waals surface area contributed by atoms with Crippen molar-refractivity contribution in [3.05, 3.63) is 18.9 Å². The number of Topliss-reactive ketones (excluding diaryl/α,β-unsaturated/α-hetero) is 1. The summed E-state index contributed by atoms with van der Waals surface area (Å²) in [4.78, 5) is 20.8. The van der Waals surface area contributed by atoms with E-state index >= 15 is 0 Å². The van der Waals surface area contributed by atoms with E-state index in [1.165, 1.54) is 0 Å². The molecule has 0 bridgehead atoms. The third-order valence-electron chi connectivity index (χ3n) is 1.75. The normalized spacial score (nSPS) is 11.2. The molecule has 0 aromatic carbocycles. The van der Waals surface area contributed by atoms with Gasteiger partial charge in [-0.25, -0.2) is 6.29 Å². The van der Waals surface area contributed by atoms with Gasteiger partial charge >= 0.3 is 21.1 Å². The summed E-state index contributed by atoms with van der Waals surface area (Å²) in [6.07, 6.45) is 3.10. The van der Waals surface area contributed by atoms with Crippen molar-refractivity contribution in [1.82, 2.24) is 0 Å². The van der Waals surface area contributed by atoms with Crippen molar-refractivity contribution in [2.75, 3.05) is 6.54 Å².